The van der Waals surface area contributed by atoms with Crippen LogP contribution in [0.1, 0.15) is 35.2 Å². The summed E-state index contributed by atoms with van der Waals surface area (Å²) < 4.78 is 43.8. The Morgan fingerprint density at radius 1 is 1.15 bits per heavy atom. The molecule has 0 saturated heterocycles. The SMILES string of the molecule is CNC(=O)NS(=O)(=O)c1cc2c(cc1OC)OCCC2C(C)NC(=O)c1cc(Cl)ccc1OC. The fourth-order valence-corrected chi connectivity index (χ4v) is 5.10. The Bertz CT molecular complexity index is 1200. The molecule has 2 atom stereocenters. The van der Waals surface area contributed by atoms with Crippen LogP contribution in [-0.2, 0) is 10.0 Å². The Hall–Kier alpha value is -3.18. The topological polar surface area (TPSA) is 132 Å². The van der Waals surface area contributed by atoms with Crippen LogP contribution >= 0.6 is 11.6 Å². The predicted octanol–water partition coefficient (Wildman–Crippen LogP) is 2.66. The normalized spacial score (nSPS) is 15.9. The number of nitrogens with one attached hydrogen (secondary N) is 3. The van der Waals surface area contributed by atoms with E-state index in [1.807, 2.05) is 11.6 Å². The van der Waals surface area contributed by atoms with Gasteiger partial charge in [-0.1, -0.05) is 11.6 Å². The van der Waals surface area contributed by atoms with Gasteiger partial charge in [-0.25, -0.2) is 17.9 Å². The van der Waals surface area contributed by atoms with E-state index in [1.54, 1.807) is 12.1 Å². The molecule has 10 nitrogen and oxygen atoms in total. The quantitative estimate of drug-likeness (QED) is 0.520. The number of urea groups is 1. The predicted molar refractivity (Wildman–Crippen MR) is 126 cm³/mol. The monoisotopic (exact) mass is 511 g/mol. The summed E-state index contributed by atoms with van der Waals surface area (Å²) in [6.07, 6.45) is 0.524. The van der Waals surface area contributed by atoms with E-state index < -0.39 is 22.1 Å². The maximum Gasteiger partial charge on any atom is 0.328 e. The van der Waals surface area contributed by atoms with Gasteiger partial charge in [0.15, 0.2) is 0 Å². The van der Waals surface area contributed by atoms with Crippen molar-refractivity contribution in [2.24, 2.45) is 0 Å². The fraction of sp³-hybridized carbons (Fsp3) is 0.364. The van der Waals surface area contributed by atoms with Gasteiger partial charge in [0, 0.05) is 35.7 Å². The van der Waals surface area contributed by atoms with E-state index in [2.05, 4.69) is 10.6 Å². The number of methoxy groups -OCH3 is 2. The Balaban J connectivity index is 1.95. The number of sulfonamides is 1. The van der Waals surface area contributed by atoms with Crippen molar-refractivity contribution in [1.82, 2.24) is 15.4 Å². The van der Waals surface area contributed by atoms with Crippen LogP contribution in [0.3, 0.4) is 0 Å². The fourth-order valence-electron chi connectivity index (χ4n) is 3.78. The number of hydrogen-bond acceptors (Lipinski definition) is 7. The Kier molecular flexibility index (Phi) is 7.78. The van der Waals surface area contributed by atoms with Crippen LogP contribution in [0, 0.1) is 0 Å². The molecule has 1 aliphatic rings. The minimum absolute atomic E-state index is 0.0242. The molecular weight excluding hydrogens is 486 g/mol. The molecule has 3 N–H and O–H groups in total. The number of ether oxygens (including phenoxy) is 3. The summed E-state index contributed by atoms with van der Waals surface area (Å²) in [4.78, 5) is 24.4. The summed E-state index contributed by atoms with van der Waals surface area (Å²) in [6, 6.07) is 6.32. The largest absolute Gasteiger partial charge is 0.496 e. The summed E-state index contributed by atoms with van der Waals surface area (Å²) in [5.41, 5.74) is 0.845. The van der Waals surface area contributed by atoms with Gasteiger partial charge in [0.2, 0.25) is 0 Å². The lowest BCUT2D eigenvalue weighted by Gasteiger charge is -2.32. The first-order chi connectivity index (χ1) is 16.1. The van der Waals surface area contributed by atoms with Crippen molar-refractivity contribution in [1.29, 1.82) is 0 Å². The van der Waals surface area contributed by atoms with Crippen molar-refractivity contribution in [2.75, 3.05) is 27.9 Å². The molecule has 3 amide bonds. The molecule has 1 heterocycles. The Labute approximate surface area is 203 Å². The maximum atomic E-state index is 13.0. The summed E-state index contributed by atoms with van der Waals surface area (Å²) in [7, 11) is -0.154. The zero-order valence-corrected chi connectivity index (χ0v) is 20.7. The van der Waals surface area contributed by atoms with E-state index in [0.29, 0.717) is 35.1 Å². The van der Waals surface area contributed by atoms with Gasteiger partial charge < -0.3 is 24.8 Å². The Morgan fingerprint density at radius 2 is 1.85 bits per heavy atom. The molecule has 0 aromatic heterocycles. The van der Waals surface area contributed by atoms with Gasteiger partial charge in [-0.3, -0.25) is 4.79 Å². The molecule has 0 bridgehead atoms. The number of carbonyl (C=O) groups excluding carboxylic acids is 2. The van der Waals surface area contributed by atoms with E-state index >= 15 is 0 Å². The third kappa shape index (κ3) is 5.31. The van der Waals surface area contributed by atoms with Crippen molar-refractivity contribution < 1.29 is 32.2 Å². The molecule has 0 saturated carbocycles. The van der Waals surface area contributed by atoms with Crippen LogP contribution in [0.4, 0.5) is 4.79 Å². The van der Waals surface area contributed by atoms with Gasteiger partial charge in [0.25, 0.3) is 15.9 Å². The van der Waals surface area contributed by atoms with Crippen molar-refractivity contribution in [2.45, 2.75) is 30.2 Å². The van der Waals surface area contributed by atoms with Crippen LogP contribution in [0.5, 0.6) is 17.2 Å². The molecule has 34 heavy (non-hydrogen) atoms. The van der Waals surface area contributed by atoms with E-state index in [4.69, 9.17) is 25.8 Å². The zero-order valence-electron chi connectivity index (χ0n) is 19.1. The standard InChI is InChI=1S/C22H26ClN3O7S/c1-12(25-21(27)16-9-13(23)5-6-17(16)31-3)14-7-8-33-18-11-19(32-4)20(10-15(14)18)34(29,30)26-22(28)24-2/h5-6,9-12,14H,7-8H2,1-4H3,(H,25,27)(H2,24,26,28). The van der Waals surface area contributed by atoms with E-state index in [9.17, 15) is 18.0 Å². The second-order valence-electron chi connectivity index (χ2n) is 7.58. The smallest absolute Gasteiger partial charge is 0.328 e. The zero-order chi connectivity index (χ0) is 25.0. The summed E-state index contributed by atoms with van der Waals surface area (Å²) in [5, 5.41) is 5.54. The molecule has 2 unspecified atom stereocenters. The van der Waals surface area contributed by atoms with Crippen LogP contribution in [0.25, 0.3) is 0 Å². The highest BCUT2D eigenvalue weighted by atomic mass is 35.5. The maximum absolute atomic E-state index is 13.0. The third-order valence-electron chi connectivity index (χ3n) is 5.49. The van der Waals surface area contributed by atoms with E-state index in [0.717, 1.165) is 0 Å². The van der Waals surface area contributed by atoms with Gasteiger partial charge >= 0.3 is 6.03 Å². The molecule has 2 aromatic carbocycles. The second kappa shape index (κ2) is 10.4. The summed E-state index contributed by atoms with van der Waals surface area (Å²) >= 11 is 6.05. The van der Waals surface area contributed by atoms with Gasteiger partial charge in [0.05, 0.1) is 26.4 Å². The van der Waals surface area contributed by atoms with Gasteiger partial charge in [0.1, 0.15) is 22.1 Å². The van der Waals surface area contributed by atoms with Crippen LogP contribution in [0.15, 0.2) is 35.2 Å². The third-order valence-corrected chi connectivity index (χ3v) is 7.08. The van der Waals surface area contributed by atoms with E-state index in [1.165, 1.54) is 39.5 Å². The van der Waals surface area contributed by atoms with Crippen molar-refractivity contribution in [3.05, 3.63) is 46.5 Å². The highest BCUT2D eigenvalue weighted by molar-refractivity contribution is 7.90. The Morgan fingerprint density at radius 3 is 2.50 bits per heavy atom. The molecule has 0 radical (unpaired) electrons. The summed E-state index contributed by atoms with van der Waals surface area (Å²) in [6.45, 7) is 2.18. The highest BCUT2D eigenvalue weighted by Gasteiger charge is 2.32. The van der Waals surface area contributed by atoms with Gasteiger partial charge in [-0.15, -0.1) is 0 Å². The van der Waals surface area contributed by atoms with Crippen molar-refractivity contribution in [3.8, 4) is 17.2 Å². The lowest BCUT2D eigenvalue weighted by molar-refractivity contribution is 0.0926. The number of fused-ring (bicyclic) bond motifs is 1. The van der Waals surface area contributed by atoms with Gasteiger partial charge in [-0.2, -0.15) is 0 Å². The highest BCUT2D eigenvalue weighted by Crippen LogP contribution is 2.41. The number of rotatable bonds is 7. The van der Waals surface area contributed by atoms with Crippen molar-refractivity contribution >= 4 is 33.6 Å². The molecule has 0 spiro atoms. The lowest BCUT2D eigenvalue weighted by Crippen LogP contribution is -2.39. The molecule has 12 heteroatoms. The second-order valence-corrected chi connectivity index (χ2v) is 9.66. The van der Waals surface area contributed by atoms with E-state index in [-0.39, 0.29) is 28.0 Å². The molecule has 184 valence electrons. The number of hydrogen-bond donors (Lipinski definition) is 3. The minimum Gasteiger partial charge on any atom is -0.496 e. The van der Waals surface area contributed by atoms with Crippen LogP contribution < -0.4 is 29.6 Å². The first kappa shape index (κ1) is 25.4. The van der Waals surface area contributed by atoms with Crippen LogP contribution in [-0.4, -0.2) is 54.3 Å². The lowest BCUT2D eigenvalue weighted by atomic mass is 9.87. The summed E-state index contributed by atoms with van der Waals surface area (Å²) in [5.74, 6) is 0.171. The van der Waals surface area contributed by atoms with Gasteiger partial charge in [-0.05, 0) is 37.6 Å². The minimum atomic E-state index is -4.24. The molecule has 0 fully saturated rings. The number of benzene rings is 2. The molecular formula is C22H26ClN3O7S. The number of halogens is 1. The molecule has 2 aromatic rings. The van der Waals surface area contributed by atoms with Crippen LogP contribution in [0.2, 0.25) is 5.02 Å². The average Bonchev–Trinajstić information content (AvgIpc) is 2.82. The van der Waals surface area contributed by atoms with Crippen molar-refractivity contribution in [3.63, 3.8) is 0 Å². The average molecular weight is 512 g/mol. The molecule has 0 aliphatic carbocycles. The first-order valence-corrected chi connectivity index (χ1v) is 12.2. The number of carbonyl (C=O) groups is 2. The first-order valence-electron chi connectivity index (χ1n) is 10.3. The number of amides is 3. The molecule has 3 rings (SSSR count). The molecule has 1 aliphatic heterocycles.